The third-order valence-electron chi connectivity index (χ3n) is 4.05. The summed E-state index contributed by atoms with van der Waals surface area (Å²) in [5.41, 5.74) is 0.845. The molecule has 0 saturated carbocycles. The molecule has 1 amide bonds. The molecule has 0 aromatic carbocycles. The van der Waals surface area contributed by atoms with Crippen molar-refractivity contribution in [3.05, 3.63) is 41.1 Å². The van der Waals surface area contributed by atoms with E-state index in [9.17, 15) is 9.59 Å². The van der Waals surface area contributed by atoms with Crippen molar-refractivity contribution in [1.29, 1.82) is 0 Å². The van der Waals surface area contributed by atoms with E-state index in [1.54, 1.807) is 19.1 Å². The Labute approximate surface area is 157 Å². The topological polar surface area (TPSA) is 125 Å². The summed E-state index contributed by atoms with van der Waals surface area (Å²) in [6.07, 6.45) is 4.31. The third kappa shape index (κ3) is 3.40. The summed E-state index contributed by atoms with van der Waals surface area (Å²) in [4.78, 5) is 33.6. The number of amides is 1. The lowest BCUT2D eigenvalue weighted by Gasteiger charge is -2.07. The van der Waals surface area contributed by atoms with Gasteiger partial charge >= 0.3 is 5.97 Å². The minimum absolute atomic E-state index is 0.149. The maximum Gasteiger partial charge on any atom is 0.315 e. The molecule has 0 spiro atoms. The molecule has 0 aliphatic heterocycles. The molecule has 1 atom stereocenters. The molecule has 4 rings (SSSR count). The Balaban J connectivity index is 1.46. The van der Waals surface area contributed by atoms with Gasteiger partial charge in [0.15, 0.2) is 16.6 Å². The number of carbonyl (C=O) groups is 2. The van der Waals surface area contributed by atoms with E-state index < -0.39 is 5.91 Å². The van der Waals surface area contributed by atoms with Crippen LogP contribution in [-0.4, -0.2) is 48.4 Å². The normalized spacial score (nSPS) is 15.4. The molecule has 11 heteroatoms. The molecule has 0 radical (unpaired) electrons. The van der Waals surface area contributed by atoms with Gasteiger partial charge in [-0.1, -0.05) is 0 Å². The number of rotatable bonds is 5. The van der Waals surface area contributed by atoms with Crippen LogP contribution in [0.1, 0.15) is 40.3 Å². The number of aromatic nitrogens is 6. The number of nitrogens with one attached hydrogen (secondary N) is 1. The quantitative estimate of drug-likeness (QED) is 0.653. The fourth-order valence-electron chi connectivity index (χ4n) is 2.81. The average molecular weight is 385 g/mol. The molecule has 1 aliphatic rings. The summed E-state index contributed by atoms with van der Waals surface area (Å²) < 4.78 is 6.53. The molecule has 0 fully saturated rings. The van der Waals surface area contributed by atoms with Gasteiger partial charge in [-0.2, -0.15) is 5.10 Å². The second-order valence-electron chi connectivity index (χ2n) is 5.74. The number of hydrogen-bond donors (Lipinski definition) is 1. The lowest BCUT2D eigenvalue weighted by molar-refractivity contribution is -0.145. The lowest BCUT2D eigenvalue weighted by atomic mass is 10.1. The molecule has 3 heterocycles. The highest BCUT2D eigenvalue weighted by atomic mass is 32.1. The number of fused-ring (bicyclic) bond motifs is 1. The van der Waals surface area contributed by atoms with E-state index in [-0.39, 0.29) is 17.6 Å². The number of hydrogen-bond acceptors (Lipinski definition) is 9. The van der Waals surface area contributed by atoms with Crippen LogP contribution in [0.25, 0.3) is 5.82 Å². The Morgan fingerprint density at radius 2 is 2.26 bits per heavy atom. The number of esters is 1. The Hall–Kier alpha value is -3.21. The van der Waals surface area contributed by atoms with Gasteiger partial charge in [0.25, 0.3) is 5.91 Å². The molecule has 3 aromatic rings. The fraction of sp³-hybridized carbons (Fsp3) is 0.312. The highest BCUT2D eigenvalue weighted by Crippen LogP contribution is 2.39. The van der Waals surface area contributed by atoms with Gasteiger partial charge in [-0.05, 0) is 31.9 Å². The number of anilines is 1. The molecule has 1 N–H and O–H groups in total. The van der Waals surface area contributed by atoms with Crippen molar-refractivity contribution in [2.45, 2.75) is 25.7 Å². The number of aryl methyl sites for hydroxylation is 1. The smallest absolute Gasteiger partial charge is 0.315 e. The SMILES string of the molecule is CCOC(=O)[C@H]1CCc2sc(NC(=O)c3ccc(-n4cncn4)nn3)nc21. The van der Waals surface area contributed by atoms with Gasteiger partial charge in [-0.3, -0.25) is 14.9 Å². The molecule has 27 heavy (non-hydrogen) atoms. The zero-order valence-corrected chi connectivity index (χ0v) is 15.1. The Morgan fingerprint density at radius 3 is 2.96 bits per heavy atom. The number of ether oxygens (including phenoxy) is 1. The van der Waals surface area contributed by atoms with Crippen LogP contribution in [0.3, 0.4) is 0 Å². The Kier molecular flexibility index (Phi) is 4.59. The van der Waals surface area contributed by atoms with Crippen LogP contribution in [0.2, 0.25) is 0 Å². The minimum atomic E-state index is -0.423. The molecule has 138 valence electrons. The zero-order valence-electron chi connectivity index (χ0n) is 14.3. The van der Waals surface area contributed by atoms with E-state index in [1.807, 2.05) is 0 Å². The number of thiazole rings is 1. The Morgan fingerprint density at radius 1 is 1.37 bits per heavy atom. The van der Waals surface area contributed by atoms with Gasteiger partial charge < -0.3 is 4.74 Å². The van der Waals surface area contributed by atoms with Gasteiger partial charge in [0.2, 0.25) is 0 Å². The summed E-state index contributed by atoms with van der Waals surface area (Å²) >= 11 is 1.36. The zero-order chi connectivity index (χ0) is 18.8. The monoisotopic (exact) mass is 385 g/mol. The summed E-state index contributed by atoms with van der Waals surface area (Å²) in [6, 6.07) is 3.16. The minimum Gasteiger partial charge on any atom is -0.465 e. The van der Waals surface area contributed by atoms with Crippen molar-refractivity contribution in [1.82, 2.24) is 29.9 Å². The molecule has 0 unspecified atom stereocenters. The predicted octanol–water partition coefficient (Wildman–Crippen LogP) is 1.36. The van der Waals surface area contributed by atoms with Crippen molar-refractivity contribution in [3.63, 3.8) is 0 Å². The van der Waals surface area contributed by atoms with Crippen molar-refractivity contribution >= 4 is 28.3 Å². The summed E-state index contributed by atoms with van der Waals surface area (Å²) in [7, 11) is 0. The number of nitrogens with zero attached hydrogens (tertiary/aromatic N) is 6. The summed E-state index contributed by atoms with van der Waals surface area (Å²) in [6.45, 7) is 2.11. The van der Waals surface area contributed by atoms with Crippen molar-refractivity contribution in [2.24, 2.45) is 0 Å². The average Bonchev–Trinajstić information content (AvgIpc) is 3.39. The first-order chi connectivity index (χ1) is 13.2. The predicted molar refractivity (Wildman–Crippen MR) is 94.7 cm³/mol. The summed E-state index contributed by atoms with van der Waals surface area (Å²) in [5, 5.41) is 15.0. The molecule has 10 nitrogen and oxygen atoms in total. The van der Waals surface area contributed by atoms with E-state index in [0.29, 0.717) is 29.7 Å². The molecule has 3 aromatic heterocycles. The maximum atomic E-state index is 12.4. The van der Waals surface area contributed by atoms with Crippen LogP contribution in [0, 0.1) is 0 Å². The van der Waals surface area contributed by atoms with Gasteiger partial charge in [-0.25, -0.2) is 14.6 Å². The van der Waals surface area contributed by atoms with Crippen LogP contribution in [0.5, 0.6) is 0 Å². The molecular formula is C16H15N7O3S. The lowest BCUT2D eigenvalue weighted by Crippen LogP contribution is -2.16. The van der Waals surface area contributed by atoms with Crippen molar-refractivity contribution in [3.8, 4) is 5.82 Å². The molecule has 0 bridgehead atoms. The fourth-order valence-corrected chi connectivity index (χ4v) is 3.84. The first kappa shape index (κ1) is 17.2. The second kappa shape index (κ2) is 7.19. The van der Waals surface area contributed by atoms with Crippen LogP contribution in [-0.2, 0) is 16.0 Å². The highest BCUT2D eigenvalue weighted by Gasteiger charge is 2.33. The number of carbonyl (C=O) groups excluding carboxylic acids is 2. The first-order valence-electron chi connectivity index (χ1n) is 8.32. The summed E-state index contributed by atoms with van der Waals surface area (Å²) in [5.74, 6) is -0.597. The van der Waals surface area contributed by atoms with Gasteiger partial charge in [-0.15, -0.1) is 21.5 Å². The van der Waals surface area contributed by atoms with E-state index in [2.05, 4.69) is 30.6 Å². The van der Waals surface area contributed by atoms with E-state index >= 15 is 0 Å². The van der Waals surface area contributed by atoms with E-state index in [4.69, 9.17) is 4.74 Å². The van der Waals surface area contributed by atoms with E-state index in [0.717, 1.165) is 11.3 Å². The Bertz CT molecular complexity index is 969. The van der Waals surface area contributed by atoms with Gasteiger partial charge in [0.1, 0.15) is 18.6 Å². The van der Waals surface area contributed by atoms with Crippen molar-refractivity contribution < 1.29 is 14.3 Å². The molecule has 1 aliphatic carbocycles. The maximum absolute atomic E-state index is 12.4. The third-order valence-corrected chi connectivity index (χ3v) is 5.09. The molecular weight excluding hydrogens is 370 g/mol. The van der Waals surface area contributed by atoms with Crippen LogP contribution >= 0.6 is 11.3 Å². The van der Waals surface area contributed by atoms with Gasteiger partial charge in [0, 0.05) is 4.88 Å². The largest absolute Gasteiger partial charge is 0.465 e. The van der Waals surface area contributed by atoms with Crippen LogP contribution in [0.4, 0.5) is 5.13 Å². The second-order valence-corrected chi connectivity index (χ2v) is 6.83. The van der Waals surface area contributed by atoms with Gasteiger partial charge in [0.05, 0.1) is 12.3 Å². The standard InChI is InChI=1S/C16H15N7O3S/c1-2-26-15(25)9-3-5-11-13(9)19-16(27-11)20-14(24)10-4-6-12(22-21-10)23-8-17-7-18-23/h4,6-9H,2-3,5H2,1H3,(H,19,20,24)/t9-/m0/s1. The molecule has 0 saturated heterocycles. The van der Waals surface area contributed by atoms with Crippen LogP contribution in [0.15, 0.2) is 24.8 Å². The highest BCUT2D eigenvalue weighted by molar-refractivity contribution is 7.16. The van der Waals surface area contributed by atoms with E-state index in [1.165, 1.54) is 28.7 Å². The first-order valence-corrected chi connectivity index (χ1v) is 9.13. The van der Waals surface area contributed by atoms with Crippen molar-refractivity contribution in [2.75, 3.05) is 11.9 Å². The van der Waals surface area contributed by atoms with Crippen LogP contribution < -0.4 is 5.32 Å².